The molecule has 5 heteroatoms. The molecule has 0 radical (unpaired) electrons. The summed E-state index contributed by atoms with van der Waals surface area (Å²) in [5.41, 5.74) is 0. The van der Waals surface area contributed by atoms with E-state index < -0.39 is 0 Å². The van der Waals surface area contributed by atoms with E-state index in [0.29, 0.717) is 31.6 Å². The summed E-state index contributed by atoms with van der Waals surface area (Å²) >= 11 is 0. The lowest BCUT2D eigenvalue weighted by Crippen LogP contribution is -2.45. The number of likely N-dealkylation sites (N-methyl/N-ethyl adjacent to an activating group) is 1. The molecular formula is C15H22N2O3. The van der Waals surface area contributed by atoms with E-state index in [9.17, 15) is 14.4 Å². The molecule has 5 nitrogen and oxygen atoms in total. The van der Waals surface area contributed by atoms with Gasteiger partial charge in [-0.2, -0.15) is 0 Å². The van der Waals surface area contributed by atoms with Crippen LogP contribution in [-0.4, -0.2) is 42.1 Å². The summed E-state index contributed by atoms with van der Waals surface area (Å²) in [6.07, 6.45) is 4.83. The Morgan fingerprint density at radius 1 is 1.20 bits per heavy atom. The molecule has 3 unspecified atom stereocenters. The molecule has 2 aliphatic carbocycles. The quantitative estimate of drug-likeness (QED) is 0.809. The van der Waals surface area contributed by atoms with Gasteiger partial charge >= 0.3 is 0 Å². The van der Waals surface area contributed by atoms with E-state index in [2.05, 4.69) is 5.32 Å². The third-order valence-corrected chi connectivity index (χ3v) is 5.11. The van der Waals surface area contributed by atoms with Crippen LogP contribution < -0.4 is 5.32 Å². The molecule has 2 saturated carbocycles. The summed E-state index contributed by atoms with van der Waals surface area (Å²) in [6.45, 7) is 0.600. The van der Waals surface area contributed by atoms with Gasteiger partial charge in [-0.05, 0) is 25.7 Å². The van der Waals surface area contributed by atoms with Crippen LogP contribution in [-0.2, 0) is 14.4 Å². The molecule has 0 aromatic carbocycles. The van der Waals surface area contributed by atoms with Gasteiger partial charge in [0.15, 0.2) is 0 Å². The first-order valence-corrected chi connectivity index (χ1v) is 7.62. The van der Waals surface area contributed by atoms with Crippen LogP contribution in [0.1, 0.15) is 38.5 Å². The molecule has 3 atom stereocenters. The molecule has 2 bridgehead atoms. The lowest BCUT2D eigenvalue weighted by Gasteiger charge is -2.37. The van der Waals surface area contributed by atoms with Crippen LogP contribution in [0.5, 0.6) is 0 Å². The molecule has 0 aromatic rings. The molecule has 3 aliphatic rings. The van der Waals surface area contributed by atoms with Gasteiger partial charge in [0.1, 0.15) is 5.78 Å². The van der Waals surface area contributed by atoms with E-state index in [1.807, 2.05) is 0 Å². The Bertz CT molecular complexity index is 432. The molecule has 0 aromatic heterocycles. The van der Waals surface area contributed by atoms with Gasteiger partial charge in [0.05, 0.1) is 6.04 Å². The zero-order valence-corrected chi connectivity index (χ0v) is 11.9. The summed E-state index contributed by atoms with van der Waals surface area (Å²) in [5.74, 6) is 0.686. The van der Waals surface area contributed by atoms with Crippen LogP contribution in [0.15, 0.2) is 0 Å². The minimum absolute atomic E-state index is 0.0380. The minimum Gasteiger partial charge on any atom is -0.351 e. The van der Waals surface area contributed by atoms with Crippen LogP contribution in [0.2, 0.25) is 0 Å². The Labute approximate surface area is 119 Å². The fourth-order valence-electron chi connectivity index (χ4n) is 3.97. The van der Waals surface area contributed by atoms with Crippen molar-refractivity contribution in [2.75, 3.05) is 13.6 Å². The van der Waals surface area contributed by atoms with Gasteiger partial charge in [-0.25, -0.2) is 0 Å². The predicted molar refractivity (Wildman–Crippen MR) is 72.7 cm³/mol. The zero-order valence-electron chi connectivity index (χ0n) is 11.9. The molecule has 2 amide bonds. The molecule has 3 fully saturated rings. The summed E-state index contributed by atoms with van der Waals surface area (Å²) in [4.78, 5) is 37.5. The van der Waals surface area contributed by atoms with Crippen LogP contribution >= 0.6 is 0 Å². The lowest BCUT2D eigenvalue weighted by atomic mass is 9.67. The van der Waals surface area contributed by atoms with Gasteiger partial charge < -0.3 is 10.2 Å². The van der Waals surface area contributed by atoms with Crippen molar-refractivity contribution in [3.63, 3.8) is 0 Å². The fourth-order valence-corrected chi connectivity index (χ4v) is 3.97. The third kappa shape index (κ3) is 2.45. The van der Waals surface area contributed by atoms with Crippen molar-refractivity contribution in [2.24, 2.45) is 17.8 Å². The number of hydrogen-bond acceptors (Lipinski definition) is 3. The highest BCUT2D eigenvalue weighted by Crippen LogP contribution is 2.40. The number of carbonyl (C=O) groups excluding carboxylic acids is 3. The van der Waals surface area contributed by atoms with Gasteiger partial charge in [-0.1, -0.05) is 6.42 Å². The molecule has 20 heavy (non-hydrogen) atoms. The van der Waals surface area contributed by atoms with Crippen molar-refractivity contribution in [1.29, 1.82) is 0 Å². The average Bonchev–Trinajstić information content (AvgIpc) is 2.67. The second-order valence-electron chi connectivity index (χ2n) is 6.58. The maximum absolute atomic E-state index is 12.4. The van der Waals surface area contributed by atoms with Crippen LogP contribution in [0.4, 0.5) is 0 Å². The van der Waals surface area contributed by atoms with Gasteiger partial charge in [0, 0.05) is 37.8 Å². The molecule has 0 spiro atoms. The maximum Gasteiger partial charge on any atom is 0.224 e. The Morgan fingerprint density at radius 3 is 2.40 bits per heavy atom. The van der Waals surface area contributed by atoms with Crippen molar-refractivity contribution in [2.45, 2.75) is 44.6 Å². The summed E-state index contributed by atoms with van der Waals surface area (Å²) in [5, 5.41) is 3.00. The highest BCUT2D eigenvalue weighted by atomic mass is 16.2. The third-order valence-electron chi connectivity index (χ3n) is 5.11. The van der Waals surface area contributed by atoms with E-state index >= 15 is 0 Å². The number of carbonyl (C=O) groups is 3. The maximum atomic E-state index is 12.4. The van der Waals surface area contributed by atoms with Crippen molar-refractivity contribution < 1.29 is 14.4 Å². The number of nitrogens with one attached hydrogen (secondary N) is 1. The molecule has 1 saturated heterocycles. The molecule has 3 rings (SSSR count). The van der Waals surface area contributed by atoms with E-state index in [1.165, 1.54) is 0 Å². The second kappa shape index (κ2) is 5.19. The summed E-state index contributed by atoms with van der Waals surface area (Å²) < 4.78 is 0. The first kappa shape index (κ1) is 13.6. The summed E-state index contributed by atoms with van der Waals surface area (Å²) in [6, 6.07) is -0.0579. The van der Waals surface area contributed by atoms with E-state index in [4.69, 9.17) is 0 Å². The Kier molecular flexibility index (Phi) is 3.52. The van der Waals surface area contributed by atoms with Gasteiger partial charge in [0.25, 0.3) is 0 Å². The normalized spacial score (nSPS) is 37.1. The van der Waals surface area contributed by atoms with Crippen molar-refractivity contribution in [3.05, 3.63) is 0 Å². The number of Topliss-reactive ketones (excluding diaryl/α,β-unsaturated/α-hetero) is 1. The standard InChI is InChI=1S/C15H22N2O3/c1-17-8-12(7-13(17)18)16-15(20)11-5-9-3-2-4-10(6-11)14(9)19/h9-12H,2-8H2,1H3,(H,16,20). The van der Waals surface area contributed by atoms with Crippen LogP contribution in [0.3, 0.4) is 0 Å². The first-order valence-electron chi connectivity index (χ1n) is 7.62. The molecule has 1 heterocycles. The monoisotopic (exact) mass is 278 g/mol. The average molecular weight is 278 g/mol. The number of ketones is 1. The van der Waals surface area contributed by atoms with Crippen LogP contribution in [0.25, 0.3) is 0 Å². The molecule has 1 N–H and O–H groups in total. The molecular weight excluding hydrogens is 256 g/mol. The number of fused-ring (bicyclic) bond motifs is 2. The highest BCUT2D eigenvalue weighted by Gasteiger charge is 2.42. The number of nitrogens with zero attached hydrogens (tertiary/aromatic N) is 1. The molecule has 1 aliphatic heterocycles. The first-order chi connectivity index (χ1) is 9.54. The second-order valence-corrected chi connectivity index (χ2v) is 6.58. The molecule has 110 valence electrons. The summed E-state index contributed by atoms with van der Waals surface area (Å²) in [7, 11) is 1.76. The number of rotatable bonds is 2. The van der Waals surface area contributed by atoms with Gasteiger partial charge in [-0.15, -0.1) is 0 Å². The Balaban J connectivity index is 1.58. The number of likely N-dealkylation sites (tertiary alicyclic amines) is 1. The Hall–Kier alpha value is -1.39. The smallest absolute Gasteiger partial charge is 0.224 e. The number of hydrogen-bond donors (Lipinski definition) is 1. The van der Waals surface area contributed by atoms with E-state index in [0.717, 1.165) is 19.3 Å². The van der Waals surface area contributed by atoms with Crippen molar-refractivity contribution in [1.82, 2.24) is 10.2 Å². The number of amides is 2. The van der Waals surface area contributed by atoms with Crippen LogP contribution in [0, 0.1) is 17.8 Å². The topological polar surface area (TPSA) is 66.5 Å². The minimum atomic E-state index is -0.0579. The van der Waals surface area contributed by atoms with E-state index in [1.54, 1.807) is 11.9 Å². The van der Waals surface area contributed by atoms with Gasteiger partial charge in [-0.3, -0.25) is 14.4 Å². The van der Waals surface area contributed by atoms with Gasteiger partial charge in [0.2, 0.25) is 11.8 Å². The highest BCUT2D eigenvalue weighted by molar-refractivity contribution is 5.89. The zero-order chi connectivity index (χ0) is 14.3. The SMILES string of the molecule is CN1CC(NC(=O)C2CC3CCCC(C2)C3=O)CC1=O. The predicted octanol–water partition coefficient (Wildman–Crippen LogP) is 0.729. The van der Waals surface area contributed by atoms with E-state index in [-0.39, 0.29) is 35.6 Å². The largest absolute Gasteiger partial charge is 0.351 e. The van der Waals surface area contributed by atoms with Crippen molar-refractivity contribution >= 4 is 17.6 Å². The Morgan fingerprint density at radius 2 is 1.85 bits per heavy atom. The fraction of sp³-hybridized carbons (Fsp3) is 0.800. The van der Waals surface area contributed by atoms with Crippen molar-refractivity contribution in [3.8, 4) is 0 Å². The lowest BCUT2D eigenvalue weighted by molar-refractivity contribution is -0.137.